The smallest absolute Gasteiger partial charge is 0.244 e. The van der Waals surface area contributed by atoms with Gasteiger partial charge in [0.05, 0.1) is 0 Å². The summed E-state index contributed by atoms with van der Waals surface area (Å²) in [5.41, 5.74) is 0.184. The van der Waals surface area contributed by atoms with Gasteiger partial charge in [0.1, 0.15) is 11.7 Å². The van der Waals surface area contributed by atoms with Crippen LogP contribution in [0, 0.1) is 12.3 Å². The molecule has 1 spiro atoms. The summed E-state index contributed by atoms with van der Waals surface area (Å²) in [6.45, 7) is 5.37. The van der Waals surface area contributed by atoms with Crippen LogP contribution in [0.15, 0.2) is 12.1 Å². The average Bonchev–Trinajstić information content (AvgIpc) is 3.02. The first-order chi connectivity index (χ1) is 10.1. The number of carbonyl (C=O) groups is 1. The van der Waals surface area contributed by atoms with Crippen molar-refractivity contribution in [2.24, 2.45) is 5.41 Å². The summed E-state index contributed by atoms with van der Waals surface area (Å²) in [7, 11) is 0. The highest BCUT2D eigenvalue weighted by atomic mass is 32.1. The monoisotopic (exact) mass is 304 g/mol. The third-order valence-corrected chi connectivity index (χ3v) is 6.90. The fraction of sp³-hybridized carbons (Fsp3) is 0.706. The van der Waals surface area contributed by atoms with Gasteiger partial charge < -0.3 is 4.90 Å². The average molecular weight is 304 g/mol. The summed E-state index contributed by atoms with van der Waals surface area (Å²) in [5.74, 6) is 0.360. The minimum absolute atomic E-state index is 0.114. The van der Waals surface area contributed by atoms with E-state index in [0.717, 1.165) is 19.4 Å². The van der Waals surface area contributed by atoms with E-state index in [0.29, 0.717) is 11.3 Å². The molecular weight excluding hydrogens is 280 g/mol. The first kappa shape index (κ1) is 13.8. The van der Waals surface area contributed by atoms with Gasteiger partial charge in [-0.3, -0.25) is 10.1 Å². The summed E-state index contributed by atoms with van der Waals surface area (Å²) >= 11 is 1.82. The second-order valence-corrected chi connectivity index (χ2v) is 8.54. The molecule has 0 radical (unpaired) electrons. The number of nitrogens with one attached hydrogen (secondary N) is 1. The van der Waals surface area contributed by atoms with E-state index in [1.807, 2.05) is 11.3 Å². The van der Waals surface area contributed by atoms with Gasteiger partial charge >= 0.3 is 0 Å². The Morgan fingerprint density at radius 2 is 2.10 bits per heavy atom. The molecule has 1 aromatic rings. The van der Waals surface area contributed by atoms with Gasteiger partial charge in [0.15, 0.2) is 0 Å². The van der Waals surface area contributed by atoms with Crippen molar-refractivity contribution in [2.45, 2.75) is 64.1 Å². The number of rotatable bonds is 4. The molecular formula is C17H24N2OS. The van der Waals surface area contributed by atoms with Crippen LogP contribution in [0.5, 0.6) is 0 Å². The highest BCUT2D eigenvalue weighted by Crippen LogP contribution is 2.51. The summed E-state index contributed by atoms with van der Waals surface area (Å²) in [4.78, 5) is 17.7. The topological polar surface area (TPSA) is 32.3 Å². The molecule has 2 saturated carbocycles. The molecule has 4 rings (SSSR count). The Hall–Kier alpha value is -0.870. The second kappa shape index (κ2) is 4.56. The molecule has 3 fully saturated rings. The van der Waals surface area contributed by atoms with Gasteiger partial charge in [0.2, 0.25) is 5.91 Å². The van der Waals surface area contributed by atoms with Crippen molar-refractivity contribution in [3.05, 3.63) is 21.9 Å². The van der Waals surface area contributed by atoms with E-state index in [9.17, 15) is 4.79 Å². The zero-order valence-corrected chi connectivity index (χ0v) is 13.8. The van der Waals surface area contributed by atoms with Crippen molar-refractivity contribution in [3.63, 3.8) is 0 Å². The summed E-state index contributed by atoms with van der Waals surface area (Å²) in [6.07, 6.45) is 7.25. The van der Waals surface area contributed by atoms with Crippen LogP contribution < -0.4 is 5.32 Å². The van der Waals surface area contributed by atoms with Gasteiger partial charge in [-0.15, -0.1) is 11.3 Å². The molecule has 1 aromatic heterocycles. The van der Waals surface area contributed by atoms with E-state index >= 15 is 0 Å². The lowest BCUT2D eigenvalue weighted by Gasteiger charge is -2.44. The molecule has 2 aliphatic carbocycles. The molecule has 114 valence electrons. The fourth-order valence-electron chi connectivity index (χ4n) is 3.93. The number of carbonyl (C=O) groups excluding carboxylic acids is 1. The predicted molar refractivity (Wildman–Crippen MR) is 85.2 cm³/mol. The van der Waals surface area contributed by atoms with Gasteiger partial charge in [0, 0.05) is 16.3 Å². The van der Waals surface area contributed by atoms with E-state index in [1.165, 1.54) is 35.4 Å². The molecule has 2 heterocycles. The Kier molecular flexibility index (Phi) is 2.99. The molecule has 1 saturated heterocycles. The van der Waals surface area contributed by atoms with Crippen LogP contribution in [-0.4, -0.2) is 22.9 Å². The van der Waals surface area contributed by atoms with Crippen molar-refractivity contribution in [2.75, 3.05) is 6.54 Å². The normalized spacial score (nSPS) is 29.0. The molecule has 3 nitrogen and oxygen atoms in total. The van der Waals surface area contributed by atoms with E-state index < -0.39 is 0 Å². The molecule has 0 aromatic carbocycles. The van der Waals surface area contributed by atoms with Crippen LogP contribution in [0.3, 0.4) is 0 Å². The van der Waals surface area contributed by atoms with Gasteiger partial charge in [-0.1, -0.05) is 13.3 Å². The molecule has 3 aliphatic rings. The minimum atomic E-state index is -0.207. The molecule has 0 bridgehead atoms. The summed E-state index contributed by atoms with van der Waals surface area (Å²) in [6, 6.07) is 4.36. The summed E-state index contributed by atoms with van der Waals surface area (Å²) < 4.78 is 0. The third-order valence-electron chi connectivity index (χ3n) is 5.85. The lowest BCUT2D eigenvalue weighted by Crippen LogP contribution is -2.44. The van der Waals surface area contributed by atoms with E-state index in [1.54, 1.807) is 0 Å². The molecule has 4 heteroatoms. The first-order valence-corrected chi connectivity index (χ1v) is 9.04. The zero-order valence-electron chi connectivity index (χ0n) is 12.9. The van der Waals surface area contributed by atoms with Crippen LogP contribution in [0.25, 0.3) is 0 Å². The van der Waals surface area contributed by atoms with Gasteiger partial charge in [0.25, 0.3) is 0 Å². The predicted octanol–water partition coefficient (Wildman–Crippen LogP) is 3.60. The summed E-state index contributed by atoms with van der Waals surface area (Å²) in [5, 5.41) is 3.65. The number of hydrogen-bond donors (Lipinski definition) is 1. The number of hydrogen-bond acceptors (Lipinski definition) is 3. The number of thiophene rings is 1. The largest absolute Gasteiger partial charge is 0.320 e. The second-order valence-electron chi connectivity index (χ2n) is 7.22. The van der Waals surface area contributed by atoms with Gasteiger partial charge in [-0.05, 0) is 56.6 Å². The molecule has 1 aliphatic heterocycles. The number of nitrogens with zero attached hydrogens (tertiary/aromatic N) is 1. The van der Waals surface area contributed by atoms with Crippen LogP contribution >= 0.6 is 11.3 Å². The Morgan fingerprint density at radius 3 is 2.57 bits per heavy atom. The van der Waals surface area contributed by atoms with Crippen molar-refractivity contribution in [3.8, 4) is 0 Å². The molecule has 1 atom stereocenters. The van der Waals surface area contributed by atoms with Crippen LogP contribution in [0.2, 0.25) is 0 Å². The molecule has 1 amide bonds. The van der Waals surface area contributed by atoms with E-state index in [-0.39, 0.29) is 11.7 Å². The highest BCUT2D eigenvalue weighted by Gasteiger charge is 2.60. The molecule has 1 unspecified atom stereocenters. The first-order valence-electron chi connectivity index (χ1n) is 8.23. The maximum atomic E-state index is 12.9. The molecule has 21 heavy (non-hydrogen) atoms. The van der Waals surface area contributed by atoms with Gasteiger partial charge in [-0.2, -0.15) is 0 Å². The van der Waals surface area contributed by atoms with Gasteiger partial charge in [-0.25, -0.2) is 0 Å². The fourth-order valence-corrected chi connectivity index (χ4v) is 4.87. The number of aryl methyl sites for hydroxylation is 1. The number of amides is 1. The SMILES string of the molecule is CCC1(CN2C(=O)C3(CC3)NC2c2ccc(C)s2)CCC1. The van der Waals surface area contributed by atoms with Crippen LogP contribution in [0.1, 0.15) is 61.4 Å². The lowest BCUT2D eigenvalue weighted by molar-refractivity contribution is -0.133. The quantitative estimate of drug-likeness (QED) is 0.922. The maximum Gasteiger partial charge on any atom is 0.244 e. The van der Waals surface area contributed by atoms with E-state index in [4.69, 9.17) is 0 Å². The highest BCUT2D eigenvalue weighted by molar-refractivity contribution is 7.12. The lowest BCUT2D eigenvalue weighted by atomic mass is 9.66. The Balaban J connectivity index is 1.63. The van der Waals surface area contributed by atoms with Crippen molar-refractivity contribution in [1.82, 2.24) is 10.2 Å². The zero-order chi connectivity index (χ0) is 14.7. The molecule has 1 N–H and O–H groups in total. The van der Waals surface area contributed by atoms with Crippen molar-refractivity contribution >= 4 is 17.2 Å². The third kappa shape index (κ3) is 2.07. The van der Waals surface area contributed by atoms with Crippen LogP contribution in [-0.2, 0) is 4.79 Å². The van der Waals surface area contributed by atoms with E-state index in [2.05, 4.69) is 36.2 Å². The minimum Gasteiger partial charge on any atom is -0.320 e. The van der Waals surface area contributed by atoms with Crippen molar-refractivity contribution in [1.29, 1.82) is 0 Å². The Bertz CT molecular complexity index is 566. The Morgan fingerprint density at radius 1 is 1.33 bits per heavy atom. The Labute approximate surface area is 130 Å². The van der Waals surface area contributed by atoms with Crippen molar-refractivity contribution < 1.29 is 4.79 Å². The van der Waals surface area contributed by atoms with Crippen LogP contribution in [0.4, 0.5) is 0 Å². The standard InChI is InChI=1S/C17H24N2OS/c1-3-16(7-4-8-16)11-19-14(13-6-5-12(2)21-13)18-17(9-10-17)15(19)20/h5-6,14,18H,3-4,7-11H2,1-2H3. The maximum absolute atomic E-state index is 12.9.